The van der Waals surface area contributed by atoms with Crippen molar-refractivity contribution in [3.8, 4) is 0 Å². The molecule has 1 aromatic rings. The maximum absolute atomic E-state index is 13.6. The second-order valence-electron chi connectivity index (χ2n) is 9.57. The standard InChI is InChI=1S/C22H38N6O3/c1-25(2)12-13-28-21(30)27-11-8-18(6-7-19(27)24-28)23-20(29)22(9-4-3-5-10-22)26-14-16-31-17-15-26/h18H,3-17H2,1-2H3,(H,23,29). The predicted molar refractivity (Wildman–Crippen MR) is 118 cm³/mol. The van der Waals surface area contributed by atoms with Gasteiger partial charge in [0.2, 0.25) is 5.91 Å². The molecule has 3 heterocycles. The quantitative estimate of drug-likeness (QED) is 0.700. The van der Waals surface area contributed by atoms with E-state index < -0.39 is 0 Å². The molecule has 0 spiro atoms. The van der Waals surface area contributed by atoms with Crippen LogP contribution in [0.15, 0.2) is 4.79 Å². The minimum absolute atomic E-state index is 0.0269. The second-order valence-corrected chi connectivity index (χ2v) is 9.57. The van der Waals surface area contributed by atoms with E-state index in [1.54, 1.807) is 9.25 Å². The van der Waals surface area contributed by atoms with E-state index in [2.05, 4.69) is 20.2 Å². The van der Waals surface area contributed by atoms with E-state index in [1.807, 2.05) is 14.1 Å². The maximum Gasteiger partial charge on any atom is 0.345 e. The van der Waals surface area contributed by atoms with Crippen molar-refractivity contribution in [2.45, 2.75) is 76.0 Å². The molecule has 1 aromatic heterocycles. The summed E-state index contributed by atoms with van der Waals surface area (Å²) in [5.41, 5.74) is -0.415. The van der Waals surface area contributed by atoms with Crippen LogP contribution < -0.4 is 11.0 Å². The summed E-state index contributed by atoms with van der Waals surface area (Å²) < 4.78 is 8.94. The number of nitrogens with zero attached hydrogens (tertiary/aromatic N) is 5. The van der Waals surface area contributed by atoms with Crippen LogP contribution in [0, 0.1) is 0 Å². The zero-order chi connectivity index (χ0) is 21.8. The van der Waals surface area contributed by atoms with Crippen molar-refractivity contribution < 1.29 is 9.53 Å². The summed E-state index contributed by atoms with van der Waals surface area (Å²) in [5.74, 6) is 1.03. The lowest BCUT2D eigenvalue weighted by molar-refractivity contribution is -0.141. The number of amides is 1. The van der Waals surface area contributed by atoms with Gasteiger partial charge in [-0.2, -0.15) is 5.10 Å². The molecule has 0 radical (unpaired) electrons. The average molecular weight is 435 g/mol. The summed E-state index contributed by atoms with van der Waals surface area (Å²) in [7, 11) is 3.99. The molecule has 1 amide bonds. The van der Waals surface area contributed by atoms with Gasteiger partial charge in [0, 0.05) is 38.6 Å². The Hall–Kier alpha value is -1.71. The third-order valence-electron chi connectivity index (χ3n) is 7.23. The van der Waals surface area contributed by atoms with Crippen LogP contribution in [0.25, 0.3) is 0 Å². The number of hydrogen-bond acceptors (Lipinski definition) is 6. The number of carbonyl (C=O) groups is 1. The number of aromatic nitrogens is 3. The molecule has 1 saturated carbocycles. The summed E-state index contributed by atoms with van der Waals surface area (Å²) in [5, 5.41) is 7.97. The minimum Gasteiger partial charge on any atom is -0.379 e. The topological polar surface area (TPSA) is 84.6 Å². The fourth-order valence-electron chi connectivity index (χ4n) is 5.35. The highest BCUT2D eigenvalue weighted by Gasteiger charge is 2.45. The molecule has 9 nitrogen and oxygen atoms in total. The normalized spacial score (nSPS) is 24.5. The van der Waals surface area contributed by atoms with Gasteiger partial charge in [-0.15, -0.1) is 0 Å². The van der Waals surface area contributed by atoms with Crippen molar-refractivity contribution in [3.63, 3.8) is 0 Å². The Morgan fingerprint density at radius 2 is 1.90 bits per heavy atom. The van der Waals surface area contributed by atoms with Crippen LogP contribution in [0.5, 0.6) is 0 Å². The van der Waals surface area contributed by atoms with Crippen molar-refractivity contribution >= 4 is 5.91 Å². The van der Waals surface area contributed by atoms with Crippen molar-refractivity contribution in [2.75, 3.05) is 46.9 Å². The first-order valence-electron chi connectivity index (χ1n) is 11.9. The summed E-state index contributed by atoms with van der Waals surface area (Å²) in [6.07, 6.45) is 7.62. The zero-order valence-corrected chi connectivity index (χ0v) is 19.1. The molecule has 1 aliphatic carbocycles. The first-order chi connectivity index (χ1) is 15.0. The van der Waals surface area contributed by atoms with E-state index in [0.717, 1.165) is 70.4 Å². The van der Waals surface area contributed by atoms with Crippen LogP contribution in [0.1, 0.15) is 50.8 Å². The van der Waals surface area contributed by atoms with E-state index in [0.29, 0.717) is 26.3 Å². The molecule has 31 heavy (non-hydrogen) atoms. The minimum atomic E-state index is -0.388. The highest BCUT2D eigenvalue weighted by atomic mass is 16.5. The van der Waals surface area contributed by atoms with Crippen LogP contribution >= 0.6 is 0 Å². The Bertz CT molecular complexity index is 805. The molecular formula is C22H38N6O3. The lowest BCUT2D eigenvalue weighted by atomic mass is 9.79. The van der Waals surface area contributed by atoms with Crippen LogP contribution in [-0.2, 0) is 29.0 Å². The van der Waals surface area contributed by atoms with E-state index in [1.165, 1.54) is 6.42 Å². The van der Waals surface area contributed by atoms with Crippen LogP contribution in [0.3, 0.4) is 0 Å². The van der Waals surface area contributed by atoms with Gasteiger partial charge in [0.15, 0.2) is 0 Å². The number of hydrogen-bond donors (Lipinski definition) is 1. The lowest BCUT2D eigenvalue weighted by Crippen LogP contribution is -2.63. The smallest absolute Gasteiger partial charge is 0.345 e. The van der Waals surface area contributed by atoms with E-state index >= 15 is 0 Å². The van der Waals surface area contributed by atoms with Crippen molar-refractivity contribution in [1.82, 2.24) is 29.5 Å². The molecule has 2 fully saturated rings. The van der Waals surface area contributed by atoms with E-state index in [4.69, 9.17) is 4.74 Å². The number of aryl methyl sites for hydroxylation is 1. The molecule has 1 atom stereocenters. The van der Waals surface area contributed by atoms with Crippen molar-refractivity contribution in [2.24, 2.45) is 0 Å². The Morgan fingerprint density at radius 3 is 2.61 bits per heavy atom. The lowest BCUT2D eigenvalue weighted by Gasteiger charge is -2.47. The monoisotopic (exact) mass is 434 g/mol. The third-order valence-corrected chi connectivity index (χ3v) is 7.23. The Morgan fingerprint density at radius 1 is 1.16 bits per heavy atom. The number of carbonyl (C=O) groups excluding carboxylic acids is 1. The first-order valence-corrected chi connectivity index (χ1v) is 11.9. The molecule has 0 aromatic carbocycles. The molecule has 2 aliphatic heterocycles. The Kier molecular flexibility index (Phi) is 7.13. The highest BCUT2D eigenvalue weighted by Crippen LogP contribution is 2.35. The second kappa shape index (κ2) is 9.83. The van der Waals surface area contributed by atoms with Gasteiger partial charge < -0.3 is 15.0 Å². The fourth-order valence-corrected chi connectivity index (χ4v) is 5.35. The summed E-state index contributed by atoms with van der Waals surface area (Å²) in [6, 6.07) is 0.0867. The average Bonchev–Trinajstić information content (AvgIpc) is 2.95. The summed E-state index contributed by atoms with van der Waals surface area (Å²) >= 11 is 0. The Labute approximate surface area is 184 Å². The molecule has 9 heteroatoms. The van der Waals surface area contributed by atoms with Crippen LogP contribution in [0.2, 0.25) is 0 Å². The molecule has 0 bridgehead atoms. The van der Waals surface area contributed by atoms with Crippen molar-refractivity contribution in [3.05, 3.63) is 16.3 Å². The SMILES string of the molecule is CN(C)CCn1nc2n(c1=O)CCC(NC(=O)C1(N3CCOCC3)CCCCC1)CC2. The third kappa shape index (κ3) is 4.88. The van der Waals surface area contributed by atoms with Gasteiger partial charge in [0.1, 0.15) is 11.4 Å². The van der Waals surface area contributed by atoms with Gasteiger partial charge in [-0.1, -0.05) is 19.3 Å². The van der Waals surface area contributed by atoms with Gasteiger partial charge >= 0.3 is 5.69 Å². The van der Waals surface area contributed by atoms with Gasteiger partial charge in [-0.3, -0.25) is 14.3 Å². The number of ether oxygens (including phenoxy) is 1. The fraction of sp³-hybridized carbons (Fsp3) is 0.864. The number of rotatable bonds is 6. The molecule has 3 aliphatic rings. The van der Waals surface area contributed by atoms with Gasteiger partial charge in [0.05, 0.1) is 19.8 Å². The van der Waals surface area contributed by atoms with Gasteiger partial charge in [-0.05, 0) is 39.8 Å². The highest BCUT2D eigenvalue weighted by molar-refractivity contribution is 5.86. The van der Waals surface area contributed by atoms with Crippen LogP contribution in [0.4, 0.5) is 0 Å². The molecule has 1 saturated heterocycles. The van der Waals surface area contributed by atoms with Crippen molar-refractivity contribution in [1.29, 1.82) is 0 Å². The maximum atomic E-state index is 13.6. The number of likely N-dealkylation sites (N-methyl/N-ethyl adjacent to an activating group) is 1. The largest absolute Gasteiger partial charge is 0.379 e. The van der Waals surface area contributed by atoms with E-state index in [9.17, 15) is 9.59 Å². The zero-order valence-electron chi connectivity index (χ0n) is 19.1. The molecule has 1 unspecified atom stereocenters. The summed E-state index contributed by atoms with van der Waals surface area (Å²) in [4.78, 5) is 30.8. The van der Waals surface area contributed by atoms with Crippen LogP contribution in [-0.4, -0.2) is 88.6 Å². The number of morpholine rings is 1. The van der Waals surface area contributed by atoms with Gasteiger partial charge in [-0.25, -0.2) is 9.48 Å². The molecular weight excluding hydrogens is 396 g/mol. The predicted octanol–water partition coefficient (Wildman–Crippen LogP) is 0.463. The Balaban J connectivity index is 1.41. The van der Waals surface area contributed by atoms with E-state index in [-0.39, 0.29) is 23.2 Å². The number of nitrogens with one attached hydrogen (secondary N) is 1. The molecule has 1 N–H and O–H groups in total. The number of fused-ring (bicyclic) bond motifs is 1. The van der Waals surface area contributed by atoms with Gasteiger partial charge in [0.25, 0.3) is 0 Å². The molecule has 4 rings (SSSR count). The first kappa shape index (κ1) is 22.5. The molecule has 174 valence electrons. The summed E-state index contributed by atoms with van der Waals surface area (Å²) in [6.45, 7) is 5.09.